The molecule has 3 N–H and O–H groups in total. The monoisotopic (exact) mass is 433 g/mol. The minimum Gasteiger partial charge on any atom is -0.491 e. The van der Waals surface area contributed by atoms with Gasteiger partial charge in [-0.1, -0.05) is 36.4 Å². The fourth-order valence-electron chi connectivity index (χ4n) is 3.97. The van der Waals surface area contributed by atoms with E-state index in [1.54, 1.807) is 13.1 Å². The summed E-state index contributed by atoms with van der Waals surface area (Å²) >= 11 is 0. The molecule has 0 spiro atoms. The number of aliphatic hydroxyl groups is 1. The van der Waals surface area contributed by atoms with Gasteiger partial charge in [0.2, 0.25) is 5.91 Å². The maximum absolute atomic E-state index is 12.1. The number of amides is 2. The second-order valence-electron chi connectivity index (χ2n) is 7.90. The van der Waals surface area contributed by atoms with Crippen LogP contribution in [0, 0.1) is 0 Å². The van der Waals surface area contributed by atoms with Crippen molar-refractivity contribution in [3.05, 3.63) is 66.2 Å². The number of β-amino-alcohol motifs (C(OH)–C–C–N with tert-alkyl or cyclic N) is 1. The maximum atomic E-state index is 12.1. The number of ether oxygens (including phenoxy) is 1. The van der Waals surface area contributed by atoms with Gasteiger partial charge >= 0.3 is 0 Å². The number of piperazine rings is 1. The number of fused-ring (bicyclic) bond motifs is 1. The molecule has 0 bridgehead atoms. The third-order valence-corrected chi connectivity index (χ3v) is 5.53. The summed E-state index contributed by atoms with van der Waals surface area (Å²) in [7, 11) is 1.61. The molecule has 0 aromatic heterocycles. The Labute approximate surface area is 187 Å². The van der Waals surface area contributed by atoms with E-state index >= 15 is 0 Å². The predicted molar refractivity (Wildman–Crippen MR) is 124 cm³/mol. The van der Waals surface area contributed by atoms with Crippen molar-refractivity contribution in [2.24, 2.45) is 0 Å². The molecule has 1 unspecified atom stereocenters. The van der Waals surface area contributed by atoms with Crippen LogP contribution in [-0.4, -0.2) is 67.8 Å². The molecule has 7 heteroatoms. The van der Waals surface area contributed by atoms with Gasteiger partial charge < -0.3 is 20.5 Å². The molecule has 0 saturated carbocycles. The lowest BCUT2D eigenvalue weighted by Crippen LogP contribution is -2.50. The summed E-state index contributed by atoms with van der Waals surface area (Å²) in [5.41, 5.74) is 2.44. The van der Waals surface area contributed by atoms with E-state index in [4.69, 9.17) is 4.74 Å². The summed E-state index contributed by atoms with van der Waals surface area (Å²) in [6, 6.07) is 19.3. The molecular weight excluding hydrogens is 406 g/mol. The molecule has 2 amide bonds. The standard InChI is InChI=1S/C25H27N3O4/c1-26-25(31)19-7-4-6-17(11-19)23-13-21(12-18-5-2-3-8-22(18)23)32-16-20(29)14-28-10-9-27-24(30)15-28/h2-8,11-13,20,29H,9-10,14-16H2,1H3,(H,26,31)(H,27,30). The number of hydrogen-bond acceptors (Lipinski definition) is 5. The lowest BCUT2D eigenvalue weighted by atomic mass is 9.96. The normalized spacial score (nSPS) is 15.2. The Hall–Kier alpha value is -3.42. The summed E-state index contributed by atoms with van der Waals surface area (Å²) in [6.45, 7) is 2.09. The molecule has 1 aliphatic rings. The number of hydrogen-bond donors (Lipinski definition) is 3. The van der Waals surface area contributed by atoms with Crippen LogP contribution in [0.15, 0.2) is 60.7 Å². The molecule has 7 nitrogen and oxygen atoms in total. The van der Waals surface area contributed by atoms with Gasteiger partial charge in [0.05, 0.1) is 6.54 Å². The second kappa shape index (κ2) is 9.80. The van der Waals surface area contributed by atoms with Gasteiger partial charge in [-0.15, -0.1) is 0 Å². The molecule has 3 aromatic carbocycles. The van der Waals surface area contributed by atoms with Crippen LogP contribution in [0.2, 0.25) is 0 Å². The zero-order valence-corrected chi connectivity index (χ0v) is 18.0. The summed E-state index contributed by atoms with van der Waals surface area (Å²) in [6.07, 6.45) is -0.715. The Morgan fingerprint density at radius 1 is 1.19 bits per heavy atom. The number of aliphatic hydroxyl groups excluding tert-OH is 1. The van der Waals surface area contributed by atoms with Crippen LogP contribution in [0.4, 0.5) is 0 Å². The van der Waals surface area contributed by atoms with Gasteiger partial charge in [-0.05, 0) is 46.2 Å². The van der Waals surface area contributed by atoms with E-state index in [9.17, 15) is 14.7 Å². The SMILES string of the molecule is CNC(=O)c1cccc(-c2cc(OCC(O)CN3CCNC(=O)C3)cc3ccccc23)c1. The van der Waals surface area contributed by atoms with Crippen molar-refractivity contribution in [2.45, 2.75) is 6.10 Å². The Morgan fingerprint density at radius 3 is 2.84 bits per heavy atom. The van der Waals surface area contributed by atoms with Gasteiger partial charge in [0.25, 0.3) is 5.91 Å². The first kappa shape index (κ1) is 21.8. The van der Waals surface area contributed by atoms with E-state index < -0.39 is 6.10 Å². The van der Waals surface area contributed by atoms with Crippen LogP contribution in [0.3, 0.4) is 0 Å². The smallest absolute Gasteiger partial charge is 0.251 e. The van der Waals surface area contributed by atoms with Gasteiger partial charge in [-0.3, -0.25) is 14.5 Å². The van der Waals surface area contributed by atoms with E-state index in [0.717, 1.165) is 21.9 Å². The lowest BCUT2D eigenvalue weighted by molar-refractivity contribution is -0.124. The van der Waals surface area contributed by atoms with Crippen molar-refractivity contribution in [3.63, 3.8) is 0 Å². The minimum atomic E-state index is -0.715. The quantitative estimate of drug-likeness (QED) is 0.531. The topological polar surface area (TPSA) is 90.9 Å². The van der Waals surface area contributed by atoms with E-state index in [1.807, 2.05) is 59.5 Å². The third kappa shape index (κ3) is 5.07. The molecule has 1 aliphatic heterocycles. The molecule has 0 aliphatic carbocycles. The van der Waals surface area contributed by atoms with E-state index in [2.05, 4.69) is 10.6 Å². The fraction of sp³-hybridized carbons (Fsp3) is 0.280. The Bertz CT molecular complexity index is 1130. The van der Waals surface area contributed by atoms with Gasteiger partial charge in [-0.25, -0.2) is 0 Å². The highest BCUT2D eigenvalue weighted by Gasteiger charge is 2.19. The van der Waals surface area contributed by atoms with Gasteiger partial charge in [-0.2, -0.15) is 0 Å². The largest absolute Gasteiger partial charge is 0.491 e. The second-order valence-corrected chi connectivity index (χ2v) is 7.90. The van der Waals surface area contributed by atoms with E-state index in [-0.39, 0.29) is 18.4 Å². The fourth-order valence-corrected chi connectivity index (χ4v) is 3.97. The molecule has 1 fully saturated rings. The molecule has 3 aromatic rings. The van der Waals surface area contributed by atoms with Crippen LogP contribution >= 0.6 is 0 Å². The summed E-state index contributed by atoms with van der Waals surface area (Å²) in [4.78, 5) is 25.5. The van der Waals surface area contributed by atoms with E-state index in [0.29, 0.717) is 37.5 Å². The van der Waals surface area contributed by atoms with Crippen molar-refractivity contribution in [2.75, 3.05) is 39.8 Å². The first-order valence-corrected chi connectivity index (χ1v) is 10.7. The maximum Gasteiger partial charge on any atom is 0.251 e. The molecule has 32 heavy (non-hydrogen) atoms. The Kier molecular flexibility index (Phi) is 6.68. The van der Waals surface area contributed by atoms with Crippen molar-refractivity contribution in [1.29, 1.82) is 0 Å². The van der Waals surface area contributed by atoms with Crippen LogP contribution in [-0.2, 0) is 4.79 Å². The zero-order valence-electron chi connectivity index (χ0n) is 18.0. The van der Waals surface area contributed by atoms with Crippen molar-refractivity contribution >= 4 is 22.6 Å². The number of benzene rings is 3. The summed E-state index contributed by atoms with van der Waals surface area (Å²) < 4.78 is 5.95. The molecule has 1 saturated heterocycles. The van der Waals surface area contributed by atoms with Crippen molar-refractivity contribution in [1.82, 2.24) is 15.5 Å². The number of rotatable bonds is 7. The van der Waals surface area contributed by atoms with Crippen LogP contribution in [0.5, 0.6) is 5.75 Å². The average Bonchev–Trinajstić information content (AvgIpc) is 2.81. The van der Waals surface area contributed by atoms with Crippen LogP contribution < -0.4 is 15.4 Å². The highest BCUT2D eigenvalue weighted by molar-refractivity contribution is 6.00. The molecule has 1 atom stereocenters. The number of nitrogens with zero attached hydrogens (tertiary/aromatic N) is 1. The summed E-state index contributed by atoms with van der Waals surface area (Å²) in [5.74, 6) is 0.472. The molecule has 0 radical (unpaired) electrons. The number of carbonyl (C=O) groups excluding carboxylic acids is 2. The highest BCUT2D eigenvalue weighted by Crippen LogP contribution is 2.33. The molecule has 166 valence electrons. The summed E-state index contributed by atoms with van der Waals surface area (Å²) in [5, 5.41) is 17.9. The Morgan fingerprint density at radius 2 is 2.03 bits per heavy atom. The van der Waals surface area contributed by atoms with Crippen molar-refractivity contribution < 1.29 is 19.4 Å². The molecular formula is C25H27N3O4. The first-order chi connectivity index (χ1) is 15.5. The number of nitrogens with one attached hydrogen (secondary N) is 2. The van der Waals surface area contributed by atoms with Crippen LogP contribution in [0.25, 0.3) is 21.9 Å². The molecule has 4 rings (SSSR count). The van der Waals surface area contributed by atoms with Gasteiger partial charge in [0, 0.05) is 32.2 Å². The number of carbonyl (C=O) groups is 2. The third-order valence-electron chi connectivity index (χ3n) is 5.53. The van der Waals surface area contributed by atoms with Crippen LogP contribution in [0.1, 0.15) is 10.4 Å². The minimum absolute atomic E-state index is 0.0254. The first-order valence-electron chi connectivity index (χ1n) is 10.7. The average molecular weight is 434 g/mol. The predicted octanol–water partition coefficient (Wildman–Crippen LogP) is 2.04. The highest BCUT2D eigenvalue weighted by atomic mass is 16.5. The van der Waals surface area contributed by atoms with E-state index in [1.165, 1.54) is 0 Å². The lowest BCUT2D eigenvalue weighted by Gasteiger charge is -2.28. The zero-order chi connectivity index (χ0) is 22.5. The van der Waals surface area contributed by atoms with Gasteiger partial charge in [0.1, 0.15) is 18.5 Å². The van der Waals surface area contributed by atoms with Gasteiger partial charge in [0.15, 0.2) is 0 Å². The molecule has 1 heterocycles. The Balaban J connectivity index is 1.56. The van der Waals surface area contributed by atoms with Crippen molar-refractivity contribution in [3.8, 4) is 16.9 Å².